The lowest BCUT2D eigenvalue weighted by molar-refractivity contribution is -0.136. The van der Waals surface area contributed by atoms with E-state index in [1.54, 1.807) is 32.0 Å². The highest BCUT2D eigenvalue weighted by Crippen LogP contribution is 2.39. The predicted molar refractivity (Wildman–Crippen MR) is 152 cm³/mol. The topological polar surface area (TPSA) is 64.4 Å². The summed E-state index contributed by atoms with van der Waals surface area (Å²) in [6.45, 7) is 3.45. The molecule has 0 bridgehead atoms. The standard InChI is InChI=1S/C31H25F6N3O3S/c1-3-39(4-2)44(41,42)23-13-11-21(12-14-23)43-22-8-5-7-19(15-22)30-24-9-6-10-26(31(35,36)37)29(24)38-40(30)18-25-27(33)16-20(32)17-28(25)34/h5-17H,3-4,18H2,1-2H3. The molecule has 0 aliphatic carbocycles. The quantitative estimate of drug-likeness (QED) is 0.154. The molecule has 5 aromatic rings. The number of rotatable bonds is 9. The number of hydrogen-bond donors (Lipinski definition) is 0. The van der Waals surface area contributed by atoms with Crippen molar-refractivity contribution in [3.63, 3.8) is 0 Å². The summed E-state index contributed by atoms with van der Waals surface area (Å²) in [5.74, 6) is -3.04. The number of sulfonamides is 1. The Morgan fingerprint density at radius 1 is 0.841 bits per heavy atom. The number of hydrogen-bond acceptors (Lipinski definition) is 4. The third kappa shape index (κ3) is 6.02. The SMILES string of the molecule is CCN(CC)S(=O)(=O)c1ccc(Oc2cccc(-c3c4cccc(C(F)(F)F)c4nn3Cc3c(F)cc(F)cc3F)c2)cc1. The van der Waals surface area contributed by atoms with E-state index in [2.05, 4.69) is 5.10 Å². The zero-order valence-electron chi connectivity index (χ0n) is 23.4. The Morgan fingerprint density at radius 2 is 1.48 bits per heavy atom. The summed E-state index contributed by atoms with van der Waals surface area (Å²) in [5, 5.41) is 4.16. The first-order valence-corrected chi connectivity index (χ1v) is 14.9. The second kappa shape index (κ2) is 12.0. The maximum Gasteiger partial charge on any atom is 0.418 e. The van der Waals surface area contributed by atoms with E-state index in [4.69, 9.17) is 4.74 Å². The number of ether oxygens (including phenoxy) is 1. The number of aromatic nitrogens is 2. The van der Waals surface area contributed by atoms with Gasteiger partial charge in [0.25, 0.3) is 0 Å². The fourth-order valence-corrected chi connectivity index (χ4v) is 6.37. The second-order valence-corrected chi connectivity index (χ2v) is 11.7. The molecule has 0 unspecified atom stereocenters. The molecule has 0 saturated heterocycles. The van der Waals surface area contributed by atoms with Crippen molar-refractivity contribution in [2.45, 2.75) is 31.5 Å². The Kier molecular flexibility index (Phi) is 8.45. The lowest BCUT2D eigenvalue weighted by Crippen LogP contribution is -2.30. The van der Waals surface area contributed by atoms with Gasteiger partial charge in [-0.3, -0.25) is 4.68 Å². The molecule has 0 amide bonds. The fourth-order valence-electron chi connectivity index (χ4n) is 4.91. The Morgan fingerprint density at radius 3 is 2.09 bits per heavy atom. The van der Waals surface area contributed by atoms with Gasteiger partial charge in [-0.05, 0) is 42.5 Å². The van der Waals surface area contributed by atoms with Crippen LogP contribution in [0.5, 0.6) is 11.5 Å². The zero-order valence-corrected chi connectivity index (χ0v) is 24.2. The van der Waals surface area contributed by atoms with E-state index >= 15 is 0 Å². The number of halogens is 6. The maximum atomic E-state index is 14.6. The predicted octanol–water partition coefficient (Wildman–Crippen LogP) is 8.01. The molecule has 5 rings (SSSR count). The monoisotopic (exact) mass is 633 g/mol. The largest absolute Gasteiger partial charge is 0.457 e. The Bertz CT molecular complexity index is 1910. The lowest BCUT2D eigenvalue weighted by Gasteiger charge is -2.18. The van der Waals surface area contributed by atoms with E-state index in [0.29, 0.717) is 30.8 Å². The summed E-state index contributed by atoms with van der Waals surface area (Å²) < 4.78 is 118. The summed E-state index contributed by atoms with van der Waals surface area (Å²) in [4.78, 5) is 0.0819. The number of benzene rings is 4. The minimum absolute atomic E-state index is 0.0610. The van der Waals surface area contributed by atoms with Crippen molar-refractivity contribution in [2.75, 3.05) is 13.1 Å². The first-order valence-electron chi connectivity index (χ1n) is 13.4. The van der Waals surface area contributed by atoms with Gasteiger partial charge in [0.1, 0.15) is 34.5 Å². The first kappa shape index (κ1) is 31.1. The minimum Gasteiger partial charge on any atom is -0.457 e. The minimum atomic E-state index is -4.77. The van der Waals surface area contributed by atoms with Crippen LogP contribution in [0.4, 0.5) is 26.3 Å². The fraction of sp³-hybridized carbons (Fsp3) is 0.194. The molecule has 4 aromatic carbocycles. The molecule has 230 valence electrons. The van der Waals surface area contributed by atoms with Crippen LogP contribution in [0.1, 0.15) is 25.0 Å². The number of nitrogens with zero attached hydrogens (tertiary/aromatic N) is 3. The lowest BCUT2D eigenvalue weighted by atomic mass is 10.0. The van der Waals surface area contributed by atoms with Gasteiger partial charge in [-0.15, -0.1) is 0 Å². The smallest absolute Gasteiger partial charge is 0.418 e. The van der Waals surface area contributed by atoms with E-state index in [9.17, 15) is 34.8 Å². The molecule has 44 heavy (non-hydrogen) atoms. The van der Waals surface area contributed by atoms with Crippen molar-refractivity contribution < 1.29 is 39.5 Å². The molecule has 0 radical (unpaired) electrons. The van der Waals surface area contributed by atoms with Crippen LogP contribution in [-0.2, 0) is 22.7 Å². The van der Waals surface area contributed by atoms with Crippen LogP contribution in [0.3, 0.4) is 0 Å². The van der Waals surface area contributed by atoms with Crippen molar-refractivity contribution >= 4 is 20.9 Å². The molecule has 0 spiro atoms. The Hall–Kier alpha value is -4.36. The summed E-state index contributed by atoms with van der Waals surface area (Å²) in [7, 11) is -3.69. The van der Waals surface area contributed by atoms with Gasteiger partial charge in [0, 0.05) is 41.7 Å². The summed E-state index contributed by atoms with van der Waals surface area (Å²) in [6, 6.07) is 16.4. The maximum absolute atomic E-state index is 14.6. The van der Waals surface area contributed by atoms with Gasteiger partial charge in [0.2, 0.25) is 10.0 Å². The number of fused-ring (bicyclic) bond motifs is 1. The number of alkyl halides is 3. The molecular weight excluding hydrogens is 608 g/mol. The van der Waals surface area contributed by atoms with Gasteiger partial charge in [-0.1, -0.05) is 38.1 Å². The normalized spacial score (nSPS) is 12.3. The van der Waals surface area contributed by atoms with E-state index < -0.39 is 56.8 Å². The van der Waals surface area contributed by atoms with E-state index in [0.717, 1.165) is 10.7 Å². The van der Waals surface area contributed by atoms with Crippen LogP contribution in [-0.4, -0.2) is 35.6 Å². The highest BCUT2D eigenvalue weighted by molar-refractivity contribution is 7.89. The van der Waals surface area contributed by atoms with Gasteiger partial charge in [-0.25, -0.2) is 21.6 Å². The van der Waals surface area contributed by atoms with Crippen LogP contribution in [0.15, 0.2) is 83.8 Å². The van der Waals surface area contributed by atoms with Crippen LogP contribution < -0.4 is 4.74 Å². The van der Waals surface area contributed by atoms with Gasteiger partial charge >= 0.3 is 6.18 Å². The second-order valence-electron chi connectivity index (χ2n) is 9.74. The van der Waals surface area contributed by atoms with Crippen molar-refractivity contribution in [1.82, 2.24) is 14.1 Å². The highest BCUT2D eigenvalue weighted by atomic mass is 32.2. The van der Waals surface area contributed by atoms with Crippen molar-refractivity contribution in [2.24, 2.45) is 0 Å². The van der Waals surface area contributed by atoms with E-state index in [-0.39, 0.29) is 27.5 Å². The average molecular weight is 634 g/mol. The van der Waals surface area contributed by atoms with E-state index in [1.165, 1.54) is 46.8 Å². The van der Waals surface area contributed by atoms with Crippen molar-refractivity contribution in [3.05, 3.63) is 107 Å². The molecule has 0 fully saturated rings. The van der Waals surface area contributed by atoms with Crippen molar-refractivity contribution in [3.8, 4) is 22.8 Å². The molecule has 1 aromatic heterocycles. The summed E-state index contributed by atoms with van der Waals surface area (Å²) in [6.07, 6.45) is -4.77. The summed E-state index contributed by atoms with van der Waals surface area (Å²) in [5.41, 5.74) is -1.63. The third-order valence-electron chi connectivity index (χ3n) is 7.00. The molecule has 1 heterocycles. The molecule has 13 heteroatoms. The molecule has 6 nitrogen and oxygen atoms in total. The van der Waals surface area contributed by atoms with Crippen molar-refractivity contribution in [1.29, 1.82) is 0 Å². The van der Waals surface area contributed by atoms with Crippen LogP contribution >= 0.6 is 0 Å². The Balaban J connectivity index is 1.57. The zero-order chi connectivity index (χ0) is 31.8. The van der Waals surface area contributed by atoms with Gasteiger partial charge < -0.3 is 4.74 Å². The van der Waals surface area contributed by atoms with Crippen LogP contribution in [0.25, 0.3) is 22.2 Å². The molecule has 0 saturated carbocycles. The average Bonchev–Trinajstić information content (AvgIpc) is 3.33. The molecule has 0 aliphatic heterocycles. The molecule has 0 aliphatic rings. The van der Waals surface area contributed by atoms with Crippen LogP contribution in [0, 0.1) is 17.5 Å². The van der Waals surface area contributed by atoms with Gasteiger partial charge in [0.15, 0.2) is 0 Å². The molecule has 0 atom stereocenters. The molecule has 0 N–H and O–H groups in total. The first-order chi connectivity index (χ1) is 20.8. The van der Waals surface area contributed by atoms with E-state index in [1.807, 2.05) is 0 Å². The molecular formula is C31H25F6N3O3S. The van der Waals surface area contributed by atoms with Crippen LogP contribution in [0.2, 0.25) is 0 Å². The van der Waals surface area contributed by atoms with Gasteiger partial charge in [-0.2, -0.15) is 22.6 Å². The highest BCUT2D eigenvalue weighted by Gasteiger charge is 2.35. The van der Waals surface area contributed by atoms with Gasteiger partial charge in [0.05, 0.1) is 22.7 Å². The summed E-state index contributed by atoms with van der Waals surface area (Å²) >= 11 is 0. The Labute approximate surface area is 249 Å². The third-order valence-corrected chi connectivity index (χ3v) is 9.06.